The van der Waals surface area contributed by atoms with Gasteiger partial charge in [-0.2, -0.15) is 0 Å². The molecule has 2 saturated heterocycles. The lowest BCUT2D eigenvalue weighted by Crippen LogP contribution is -2.62. The van der Waals surface area contributed by atoms with Crippen molar-refractivity contribution in [1.82, 2.24) is 30.0 Å². The van der Waals surface area contributed by atoms with E-state index >= 15 is 0 Å². The zero-order valence-corrected chi connectivity index (χ0v) is 22.0. The molecule has 0 aliphatic carbocycles. The van der Waals surface area contributed by atoms with E-state index in [4.69, 9.17) is 26.1 Å². The first-order valence-corrected chi connectivity index (χ1v) is 13.1. The largest absolute Gasteiger partial charge is 0.497 e. The topological polar surface area (TPSA) is 113 Å². The summed E-state index contributed by atoms with van der Waals surface area (Å²) in [4.78, 5) is 39.0. The van der Waals surface area contributed by atoms with Gasteiger partial charge >= 0.3 is 0 Å². The molecule has 202 valence electrons. The Morgan fingerprint density at radius 1 is 1.29 bits per heavy atom. The molecule has 4 heterocycles. The Morgan fingerprint density at radius 3 is 2.84 bits per heavy atom. The number of ether oxygens (including phenoxy) is 2. The van der Waals surface area contributed by atoms with E-state index in [9.17, 15) is 9.59 Å². The maximum Gasteiger partial charge on any atom is 0.252 e. The second-order valence-electron chi connectivity index (χ2n) is 9.48. The van der Waals surface area contributed by atoms with Crippen LogP contribution >= 0.6 is 11.6 Å². The minimum absolute atomic E-state index is 0.0674. The van der Waals surface area contributed by atoms with Crippen molar-refractivity contribution >= 4 is 29.4 Å². The average molecular weight is 542 g/mol. The molecule has 2 N–H and O–H groups in total. The molecule has 0 spiro atoms. The lowest BCUT2D eigenvalue weighted by atomic mass is 10.0. The number of carbonyl (C=O) groups is 2. The minimum Gasteiger partial charge on any atom is -0.497 e. The summed E-state index contributed by atoms with van der Waals surface area (Å²) in [6.45, 7) is 2.25. The van der Waals surface area contributed by atoms with Crippen LogP contribution < -0.4 is 15.4 Å². The molecule has 0 radical (unpaired) electrons. The fourth-order valence-electron chi connectivity index (χ4n) is 4.93. The van der Waals surface area contributed by atoms with Gasteiger partial charge in [-0.1, -0.05) is 23.7 Å². The van der Waals surface area contributed by atoms with Gasteiger partial charge in [0, 0.05) is 57.8 Å². The lowest BCUT2D eigenvalue weighted by Gasteiger charge is -2.46. The summed E-state index contributed by atoms with van der Waals surface area (Å²) >= 11 is 7.03. The number of alkyl halides is 1. The molecule has 2 amide bonds. The summed E-state index contributed by atoms with van der Waals surface area (Å²) in [6, 6.07) is 7.14. The number of hydrogen-bond acceptors (Lipinski definition) is 8. The highest BCUT2D eigenvalue weighted by Gasteiger charge is 2.43. The van der Waals surface area contributed by atoms with E-state index < -0.39 is 11.2 Å². The fraction of sp³-hybridized carbons (Fsp3) is 0.462. The Labute approximate surface area is 226 Å². The highest BCUT2D eigenvalue weighted by atomic mass is 35.5. The summed E-state index contributed by atoms with van der Waals surface area (Å²) in [5.41, 5.74) is 0.956. The third-order valence-electron chi connectivity index (χ3n) is 7.00. The molecule has 2 fully saturated rings. The van der Waals surface area contributed by atoms with Gasteiger partial charge in [0.25, 0.3) is 5.91 Å². The van der Waals surface area contributed by atoms with Crippen LogP contribution in [0.15, 0.2) is 60.3 Å². The number of piperazine rings is 1. The zero-order chi connectivity index (χ0) is 26.5. The highest BCUT2D eigenvalue weighted by molar-refractivity contribution is 6.25. The first-order valence-electron chi connectivity index (χ1n) is 12.7. The Kier molecular flexibility index (Phi) is 7.96. The first-order chi connectivity index (χ1) is 18.4. The first kappa shape index (κ1) is 26.2. The Bertz CT molecular complexity index is 1180. The van der Waals surface area contributed by atoms with E-state index in [-0.39, 0.29) is 24.3 Å². The maximum atomic E-state index is 13.3. The number of rotatable bonds is 7. The maximum absolute atomic E-state index is 13.3. The summed E-state index contributed by atoms with van der Waals surface area (Å²) in [6.07, 6.45) is 9.82. The number of amides is 2. The van der Waals surface area contributed by atoms with E-state index in [0.29, 0.717) is 45.2 Å². The summed E-state index contributed by atoms with van der Waals surface area (Å²) in [7, 11) is 1.61. The second kappa shape index (κ2) is 11.5. The standard InChI is InChI=1S/C26H32ClN7O4/c1-37-21-6-4-19(5-7-21)16-30-23(35)15-20-17-33(12-13-34(20)24(36)22-3-2-14-38-22)26(27)8-9-29-25(31-26)32-11-10-28-18-32/h4-11,18,20,22H,2-3,12-17H2,1H3,(H,29,31)(H,30,35). The van der Waals surface area contributed by atoms with E-state index in [1.54, 1.807) is 47.6 Å². The van der Waals surface area contributed by atoms with Gasteiger partial charge in [0.1, 0.15) is 18.2 Å². The average Bonchev–Trinajstić information content (AvgIpc) is 3.67. The monoisotopic (exact) mass is 541 g/mol. The molecule has 3 atom stereocenters. The van der Waals surface area contributed by atoms with Crippen LogP contribution in [-0.2, 0) is 20.9 Å². The van der Waals surface area contributed by atoms with Crippen LogP contribution in [0.25, 0.3) is 0 Å². The van der Waals surface area contributed by atoms with E-state index in [2.05, 4.69) is 15.6 Å². The van der Waals surface area contributed by atoms with Gasteiger partial charge < -0.3 is 25.0 Å². The number of nitrogens with one attached hydrogen (secondary N) is 2. The van der Waals surface area contributed by atoms with Crippen molar-refractivity contribution < 1.29 is 19.1 Å². The molecule has 3 unspecified atom stereocenters. The van der Waals surface area contributed by atoms with Crippen LogP contribution in [0.5, 0.6) is 5.75 Å². The van der Waals surface area contributed by atoms with Crippen LogP contribution in [0.2, 0.25) is 0 Å². The molecule has 0 saturated carbocycles. The van der Waals surface area contributed by atoms with Crippen molar-refractivity contribution in [3.05, 3.63) is 60.8 Å². The molecular weight excluding hydrogens is 510 g/mol. The van der Waals surface area contributed by atoms with Gasteiger partial charge in [-0.15, -0.1) is 0 Å². The molecule has 3 aliphatic heterocycles. The van der Waals surface area contributed by atoms with Gasteiger partial charge in [-0.25, -0.2) is 9.98 Å². The smallest absolute Gasteiger partial charge is 0.252 e. The normalized spacial score (nSPS) is 25.5. The highest BCUT2D eigenvalue weighted by Crippen LogP contribution is 2.31. The van der Waals surface area contributed by atoms with Crippen molar-refractivity contribution in [2.24, 2.45) is 4.99 Å². The molecule has 1 aromatic heterocycles. The molecular formula is C26H32ClN7O4. The third kappa shape index (κ3) is 5.85. The van der Waals surface area contributed by atoms with E-state index in [1.807, 2.05) is 29.2 Å². The van der Waals surface area contributed by atoms with Crippen molar-refractivity contribution in [1.29, 1.82) is 0 Å². The number of aromatic nitrogens is 2. The number of methoxy groups -OCH3 is 1. The second-order valence-corrected chi connectivity index (χ2v) is 10.0. The predicted molar refractivity (Wildman–Crippen MR) is 141 cm³/mol. The molecule has 1 aromatic carbocycles. The minimum atomic E-state index is -1.17. The number of carbonyl (C=O) groups excluding carboxylic acids is 2. The molecule has 3 aliphatic rings. The van der Waals surface area contributed by atoms with Crippen molar-refractivity contribution in [3.8, 4) is 5.75 Å². The van der Waals surface area contributed by atoms with Crippen molar-refractivity contribution in [2.75, 3.05) is 33.4 Å². The number of benzene rings is 1. The number of hydrogen-bond donors (Lipinski definition) is 2. The molecule has 12 heteroatoms. The van der Waals surface area contributed by atoms with Crippen molar-refractivity contribution in [2.45, 2.75) is 43.1 Å². The Hall–Kier alpha value is -3.41. The van der Waals surface area contributed by atoms with Crippen LogP contribution in [0.4, 0.5) is 0 Å². The van der Waals surface area contributed by atoms with E-state index in [0.717, 1.165) is 17.7 Å². The van der Waals surface area contributed by atoms with Crippen LogP contribution in [0, 0.1) is 0 Å². The molecule has 11 nitrogen and oxygen atoms in total. The van der Waals surface area contributed by atoms with E-state index in [1.165, 1.54) is 0 Å². The number of halogens is 1. The van der Waals surface area contributed by atoms with Gasteiger partial charge in [0.2, 0.25) is 17.0 Å². The van der Waals surface area contributed by atoms with Crippen LogP contribution in [0.3, 0.4) is 0 Å². The quantitative estimate of drug-likeness (QED) is 0.403. The number of nitrogens with zero attached hydrogens (tertiary/aromatic N) is 5. The van der Waals surface area contributed by atoms with Crippen molar-refractivity contribution in [3.63, 3.8) is 0 Å². The number of imidazole rings is 1. The van der Waals surface area contributed by atoms with Gasteiger partial charge in [0.05, 0.1) is 13.2 Å². The lowest BCUT2D eigenvalue weighted by molar-refractivity contribution is -0.147. The fourth-order valence-corrected chi connectivity index (χ4v) is 5.22. The van der Waals surface area contributed by atoms with Gasteiger partial charge in [0.15, 0.2) is 0 Å². The predicted octanol–water partition coefficient (Wildman–Crippen LogP) is 1.50. The SMILES string of the molecule is COc1ccc(CNC(=O)CC2CN(C3(Cl)C=CNC(n4ccnc4)=N3)CCN2C(=O)C2CCCO2)cc1. The third-order valence-corrected chi connectivity index (χ3v) is 7.45. The Balaban J connectivity index is 1.30. The number of aliphatic imine (C=N–C) groups is 1. The molecule has 0 bridgehead atoms. The molecule has 5 rings (SSSR count). The molecule has 38 heavy (non-hydrogen) atoms. The summed E-state index contributed by atoms with van der Waals surface area (Å²) in [5, 5.41) is 4.91. The van der Waals surface area contributed by atoms with Crippen LogP contribution in [-0.4, -0.2) is 87.7 Å². The Morgan fingerprint density at radius 2 is 2.13 bits per heavy atom. The summed E-state index contributed by atoms with van der Waals surface area (Å²) in [5.74, 6) is 1.07. The zero-order valence-electron chi connectivity index (χ0n) is 21.3. The van der Waals surface area contributed by atoms with Crippen LogP contribution in [0.1, 0.15) is 24.8 Å². The van der Waals surface area contributed by atoms with Gasteiger partial charge in [-0.3, -0.25) is 19.1 Å². The van der Waals surface area contributed by atoms with Gasteiger partial charge in [-0.05, 0) is 36.6 Å². The summed E-state index contributed by atoms with van der Waals surface area (Å²) < 4.78 is 12.6. The molecule has 2 aromatic rings.